The number of ether oxygens (including phenoxy) is 2. The number of fused-ring (bicyclic) bond motifs is 1. The zero-order valence-electron chi connectivity index (χ0n) is 21.4. The Kier molecular flexibility index (Phi) is 7.78. The lowest BCUT2D eigenvalue weighted by molar-refractivity contribution is -0.123. The molecule has 0 unspecified atom stereocenters. The van der Waals surface area contributed by atoms with E-state index in [1.807, 2.05) is 6.07 Å². The molecule has 9 nitrogen and oxygen atoms in total. The number of hydrogen-bond donors (Lipinski definition) is 0. The molecule has 0 atom stereocenters. The van der Waals surface area contributed by atoms with E-state index in [2.05, 4.69) is 4.98 Å². The largest absolute Gasteiger partial charge is 0.495 e. The lowest BCUT2D eigenvalue weighted by Gasteiger charge is -2.33. The molecule has 0 spiro atoms. The molecule has 0 radical (unpaired) electrons. The van der Waals surface area contributed by atoms with Gasteiger partial charge in [0.05, 0.1) is 25.7 Å². The van der Waals surface area contributed by atoms with Crippen molar-refractivity contribution >= 4 is 42.6 Å². The molecule has 39 heavy (non-hydrogen) atoms. The van der Waals surface area contributed by atoms with Crippen LogP contribution in [0.5, 0.6) is 11.5 Å². The van der Waals surface area contributed by atoms with Crippen molar-refractivity contribution in [3.8, 4) is 11.5 Å². The summed E-state index contributed by atoms with van der Waals surface area (Å²) < 4.78 is 52.6. The lowest BCUT2D eigenvalue weighted by atomic mass is 9.96. The first kappa shape index (κ1) is 27.0. The topological polar surface area (TPSA) is 102 Å². The molecule has 2 aromatic carbocycles. The summed E-state index contributed by atoms with van der Waals surface area (Å²) in [6.45, 7) is 0.613. The van der Waals surface area contributed by atoms with Crippen LogP contribution >= 0.6 is 11.3 Å². The van der Waals surface area contributed by atoms with E-state index in [0.29, 0.717) is 35.0 Å². The first-order chi connectivity index (χ1) is 18.8. The minimum Gasteiger partial charge on any atom is -0.495 e. The fourth-order valence-corrected chi connectivity index (χ4v) is 7.17. The van der Waals surface area contributed by atoms with Gasteiger partial charge in [0.1, 0.15) is 27.5 Å². The zero-order chi connectivity index (χ0) is 27.6. The summed E-state index contributed by atoms with van der Waals surface area (Å²) in [6.07, 6.45) is 4.06. The second-order valence-electron chi connectivity index (χ2n) is 9.06. The van der Waals surface area contributed by atoms with Gasteiger partial charge >= 0.3 is 0 Å². The minimum absolute atomic E-state index is 0.0317. The van der Waals surface area contributed by atoms with Gasteiger partial charge in [0, 0.05) is 31.4 Å². The van der Waals surface area contributed by atoms with Crippen LogP contribution in [0.2, 0.25) is 0 Å². The monoisotopic (exact) mass is 570 g/mol. The number of aromatic nitrogens is 2. The molecule has 1 amide bonds. The van der Waals surface area contributed by atoms with E-state index in [0.717, 1.165) is 22.4 Å². The van der Waals surface area contributed by atoms with Gasteiger partial charge in [0.2, 0.25) is 15.9 Å². The molecule has 0 N–H and O–H groups in total. The summed E-state index contributed by atoms with van der Waals surface area (Å²) in [6, 6.07) is 12.0. The smallest absolute Gasteiger partial charge is 0.243 e. The molecular weight excluding hydrogens is 543 g/mol. The van der Waals surface area contributed by atoms with Crippen LogP contribution in [0.1, 0.15) is 18.4 Å². The van der Waals surface area contributed by atoms with Crippen LogP contribution < -0.4 is 14.4 Å². The maximum atomic E-state index is 14.0. The number of benzene rings is 2. The molecule has 0 saturated carbocycles. The number of sulfonamides is 1. The standard InChI is InChI=1S/C27H27FN4O5S2/c1-36-22-9-10-23(37-2)25-24(22)30-27(38-25)32(17-18-4-3-13-29-16-18)26(33)19-11-14-31(15-12-19)39(34,35)21-7-5-20(28)6-8-21/h3-10,13,16,19H,11-12,14-15,17H2,1-2H3. The Morgan fingerprint density at radius 2 is 1.77 bits per heavy atom. The van der Waals surface area contributed by atoms with Gasteiger partial charge < -0.3 is 9.47 Å². The van der Waals surface area contributed by atoms with Crippen LogP contribution in [0, 0.1) is 11.7 Å². The number of rotatable bonds is 8. The highest BCUT2D eigenvalue weighted by Gasteiger charge is 2.35. The number of carbonyl (C=O) groups excluding carboxylic acids is 1. The lowest BCUT2D eigenvalue weighted by Crippen LogP contribution is -2.44. The summed E-state index contributed by atoms with van der Waals surface area (Å²) in [5.74, 6) is 0.146. The highest BCUT2D eigenvalue weighted by molar-refractivity contribution is 7.89. The van der Waals surface area contributed by atoms with Gasteiger partial charge in [0.25, 0.3) is 0 Å². The third-order valence-corrected chi connectivity index (χ3v) is 9.72. The van der Waals surface area contributed by atoms with E-state index >= 15 is 0 Å². The summed E-state index contributed by atoms with van der Waals surface area (Å²) in [5, 5.41) is 0.489. The normalized spacial score (nSPS) is 14.8. The van der Waals surface area contributed by atoms with Gasteiger partial charge in [-0.25, -0.2) is 17.8 Å². The Bertz CT molecular complexity index is 1530. The first-order valence-electron chi connectivity index (χ1n) is 12.3. The first-order valence-corrected chi connectivity index (χ1v) is 14.5. The van der Waals surface area contributed by atoms with Crippen molar-refractivity contribution in [2.24, 2.45) is 5.92 Å². The van der Waals surface area contributed by atoms with Crippen LogP contribution in [0.3, 0.4) is 0 Å². The van der Waals surface area contributed by atoms with Crippen LogP contribution in [0.25, 0.3) is 10.2 Å². The fourth-order valence-electron chi connectivity index (χ4n) is 4.62. The molecule has 1 aliphatic heterocycles. The number of carbonyl (C=O) groups is 1. The van der Waals surface area contributed by atoms with Gasteiger partial charge in [-0.2, -0.15) is 4.31 Å². The van der Waals surface area contributed by atoms with Crippen molar-refractivity contribution in [1.82, 2.24) is 14.3 Å². The van der Waals surface area contributed by atoms with Gasteiger partial charge in [-0.15, -0.1) is 0 Å². The van der Waals surface area contributed by atoms with Crippen molar-refractivity contribution in [2.45, 2.75) is 24.3 Å². The Morgan fingerprint density at radius 3 is 2.41 bits per heavy atom. The molecule has 0 aliphatic carbocycles. The van der Waals surface area contributed by atoms with E-state index < -0.39 is 21.8 Å². The number of thiazole rings is 1. The van der Waals surface area contributed by atoms with E-state index in [4.69, 9.17) is 14.5 Å². The molecule has 5 rings (SSSR count). The molecule has 4 aromatic rings. The average Bonchev–Trinajstić information content (AvgIpc) is 3.41. The number of anilines is 1. The Balaban J connectivity index is 1.42. The number of halogens is 1. The van der Waals surface area contributed by atoms with Crippen LogP contribution in [-0.2, 0) is 21.4 Å². The van der Waals surface area contributed by atoms with Crippen molar-refractivity contribution in [2.75, 3.05) is 32.2 Å². The van der Waals surface area contributed by atoms with Gasteiger partial charge in [-0.1, -0.05) is 17.4 Å². The molecule has 2 aromatic heterocycles. The zero-order valence-corrected chi connectivity index (χ0v) is 23.0. The fraction of sp³-hybridized carbons (Fsp3) is 0.296. The molecule has 1 fully saturated rings. The van der Waals surface area contributed by atoms with Crippen molar-refractivity contribution in [1.29, 1.82) is 0 Å². The predicted molar refractivity (Wildman–Crippen MR) is 146 cm³/mol. The molecule has 204 valence electrons. The maximum Gasteiger partial charge on any atom is 0.243 e. The molecule has 3 heterocycles. The molecule has 12 heteroatoms. The summed E-state index contributed by atoms with van der Waals surface area (Å²) in [4.78, 5) is 24.6. The Labute approximate surface area is 229 Å². The summed E-state index contributed by atoms with van der Waals surface area (Å²) >= 11 is 1.33. The van der Waals surface area contributed by atoms with Gasteiger partial charge in [-0.05, 0) is 60.9 Å². The van der Waals surface area contributed by atoms with Gasteiger partial charge in [-0.3, -0.25) is 14.7 Å². The number of methoxy groups -OCH3 is 2. The average molecular weight is 571 g/mol. The van der Waals surface area contributed by atoms with Crippen molar-refractivity contribution in [3.05, 3.63) is 72.3 Å². The third-order valence-electron chi connectivity index (χ3n) is 6.71. The number of nitrogens with zero attached hydrogens (tertiary/aromatic N) is 4. The van der Waals surface area contributed by atoms with Crippen molar-refractivity contribution in [3.63, 3.8) is 0 Å². The number of hydrogen-bond acceptors (Lipinski definition) is 8. The Hall–Kier alpha value is -3.61. The molecule has 0 bridgehead atoms. The second kappa shape index (κ2) is 11.2. The highest BCUT2D eigenvalue weighted by atomic mass is 32.2. The van der Waals surface area contributed by atoms with E-state index in [1.54, 1.807) is 49.7 Å². The Morgan fingerprint density at radius 1 is 1.08 bits per heavy atom. The van der Waals surface area contributed by atoms with Gasteiger partial charge in [0.15, 0.2) is 5.13 Å². The second-order valence-corrected chi connectivity index (χ2v) is 12.0. The van der Waals surface area contributed by atoms with E-state index in [9.17, 15) is 17.6 Å². The summed E-state index contributed by atoms with van der Waals surface area (Å²) in [7, 11) is -0.648. The molecule has 1 aliphatic rings. The highest BCUT2D eigenvalue weighted by Crippen LogP contribution is 2.41. The minimum atomic E-state index is -3.79. The van der Waals surface area contributed by atoms with E-state index in [-0.39, 0.29) is 30.4 Å². The molecular formula is C27H27FN4O5S2. The summed E-state index contributed by atoms with van der Waals surface area (Å²) in [5.41, 5.74) is 1.43. The van der Waals surface area contributed by atoms with Crippen LogP contribution in [0.15, 0.2) is 65.8 Å². The maximum absolute atomic E-state index is 14.0. The SMILES string of the molecule is COc1ccc(OC)c2sc(N(Cc3cccnc3)C(=O)C3CCN(S(=O)(=O)c4ccc(F)cc4)CC3)nc12. The third kappa shape index (κ3) is 5.45. The van der Waals surface area contributed by atoms with Crippen LogP contribution in [0.4, 0.5) is 9.52 Å². The van der Waals surface area contributed by atoms with Crippen LogP contribution in [-0.4, -0.2) is 55.9 Å². The predicted octanol–water partition coefficient (Wildman–Crippen LogP) is 4.48. The molecule has 1 saturated heterocycles. The van der Waals surface area contributed by atoms with E-state index in [1.165, 1.54) is 27.8 Å². The number of pyridine rings is 1. The van der Waals surface area contributed by atoms with Crippen molar-refractivity contribution < 1.29 is 27.1 Å². The number of piperidine rings is 1. The quantitative estimate of drug-likeness (QED) is 0.308. The number of amides is 1.